The van der Waals surface area contributed by atoms with E-state index in [0.29, 0.717) is 9.92 Å². The number of aromatic nitrogens is 5. The minimum Gasteiger partial charge on any atom is -0.250 e. The van der Waals surface area contributed by atoms with Gasteiger partial charge < -0.3 is 0 Å². The summed E-state index contributed by atoms with van der Waals surface area (Å²) in [4.78, 5) is 0. The van der Waals surface area contributed by atoms with E-state index in [1.807, 2.05) is 20.8 Å². The molecule has 0 saturated heterocycles. The van der Waals surface area contributed by atoms with Crippen molar-refractivity contribution in [2.45, 2.75) is 47.0 Å². The van der Waals surface area contributed by atoms with Gasteiger partial charge in [0.15, 0.2) is 5.82 Å². The summed E-state index contributed by atoms with van der Waals surface area (Å²) >= 11 is 12.0. The Bertz CT molecular complexity index is 1080. The maximum absolute atomic E-state index is 6.65. The molecule has 0 unspecified atom stereocenters. The summed E-state index contributed by atoms with van der Waals surface area (Å²) in [6, 6.07) is 6.20. The second-order valence-electron chi connectivity index (χ2n) is 7.65. The molecule has 1 aromatic carbocycles. The summed E-state index contributed by atoms with van der Waals surface area (Å²) in [5.74, 6) is 0.749. The van der Waals surface area contributed by atoms with Crippen molar-refractivity contribution in [1.29, 1.82) is 0 Å². The number of aryl methyl sites for hydroxylation is 3. The highest BCUT2D eigenvalue weighted by atomic mass is 35.5. The second-order valence-corrected chi connectivity index (χ2v) is 8.40. The average molecular weight is 403 g/mol. The Hall–Kier alpha value is -2.25. The Labute approximate surface area is 168 Å². The Kier molecular flexibility index (Phi) is 5.10. The van der Waals surface area contributed by atoms with Crippen LogP contribution in [0.4, 0.5) is 0 Å². The van der Waals surface area contributed by atoms with Crippen LogP contribution in [-0.2, 0) is 5.41 Å². The van der Waals surface area contributed by atoms with Gasteiger partial charge in [-0.2, -0.15) is 20.0 Å². The number of benzene rings is 1. The molecule has 0 aliphatic rings. The number of H-pyrrole nitrogens is 1. The molecular weight excluding hydrogens is 380 g/mol. The fourth-order valence-electron chi connectivity index (χ4n) is 2.76. The molecule has 3 rings (SSSR count). The normalized spacial score (nSPS) is 12.3. The van der Waals surface area contributed by atoms with Crippen LogP contribution >= 0.6 is 23.8 Å². The SMILES string of the molecule is Cc1ccc(C)c(-n2nc(C)c(/C=N/n3c(C(C)(C)C)n[nH]c3=S)c2Cl)c1. The van der Waals surface area contributed by atoms with Crippen LogP contribution in [-0.4, -0.2) is 30.9 Å². The van der Waals surface area contributed by atoms with Crippen LogP contribution < -0.4 is 0 Å². The molecule has 0 radical (unpaired) electrons. The first kappa shape index (κ1) is 19.5. The highest BCUT2D eigenvalue weighted by Gasteiger charge is 2.22. The Balaban J connectivity index is 2.07. The Morgan fingerprint density at radius 3 is 2.59 bits per heavy atom. The number of hydrogen-bond acceptors (Lipinski definition) is 4. The zero-order valence-corrected chi connectivity index (χ0v) is 17.9. The average Bonchev–Trinajstić information content (AvgIpc) is 3.08. The summed E-state index contributed by atoms with van der Waals surface area (Å²) in [6.45, 7) is 12.2. The fraction of sp³-hybridized carbons (Fsp3) is 0.368. The molecule has 142 valence electrons. The zero-order valence-electron chi connectivity index (χ0n) is 16.3. The van der Waals surface area contributed by atoms with Gasteiger partial charge in [0, 0.05) is 5.41 Å². The summed E-state index contributed by atoms with van der Waals surface area (Å²) in [5.41, 5.74) is 4.54. The standard InChI is InChI=1S/C19H23ClN6S/c1-11-7-8-12(2)15(9-11)25-16(20)14(13(3)24-25)10-21-26-17(19(4,5)6)22-23-18(26)27/h7-10H,1-6H3,(H,23,27)/b21-10+. The second kappa shape index (κ2) is 7.05. The molecule has 27 heavy (non-hydrogen) atoms. The van der Waals surface area contributed by atoms with Gasteiger partial charge in [-0.15, -0.1) is 0 Å². The van der Waals surface area contributed by atoms with Gasteiger partial charge in [0.1, 0.15) is 5.15 Å². The van der Waals surface area contributed by atoms with Crippen LogP contribution in [0.1, 0.15) is 49.0 Å². The number of halogens is 1. The van der Waals surface area contributed by atoms with E-state index in [9.17, 15) is 0 Å². The van der Waals surface area contributed by atoms with Crippen molar-refractivity contribution in [2.75, 3.05) is 0 Å². The summed E-state index contributed by atoms with van der Waals surface area (Å²) in [7, 11) is 0. The van der Waals surface area contributed by atoms with E-state index < -0.39 is 0 Å². The Morgan fingerprint density at radius 1 is 1.22 bits per heavy atom. The third-order valence-electron chi connectivity index (χ3n) is 4.26. The molecule has 0 aliphatic heterocycles. The van der Waals surface area contributed by atoms with Crippen LogP contribution in [0.25, 0.3) is 5.69 Å². The smallest absolute Gasteiger partial charge is 0.216 e. The van der Waals surface area contributed by atoms with E-state index in [1.54, 1.807) is 15.6 Å². The number of nitrogens with zero attached hydrogens (tertiary/aromatic N) is 5. The van der Waals surface area contributed by atoms with Gasteiger partial charge in [0.05, 0.1) is 23.2 Å². The van der Waals surface area contributed by atoms with Gasteiger partial charge in [0.2, 0.25) is 4.77 Å². The molecule has 0 aliphatic carbocycles. The van der Waals surface area contributed by atoms with Crippen molar-refractivity contribution in [3.63, 3.8) is 0 Å². The molecule has 0 saturated carbocycles. The van der Waals surface area contributed by atoms with Crippen LogP contribution in [0.15, 0.2) is 23.3 Å². The molecule has 0 amide bonds. The van der Waals surface area contributed by atoms with E-state index in [-0.39, 0.29) is 5.41 Å². The van der Waals surface area contributed by atoms with Gasteiger partial charge in [0.25, 0.3) is 0 Å². The highest BCUT2D eigenvalue weighted by Crippen LogP contribution is 2.25. The van der Waals surface area contributed by atoms with Crippen molar-refractivity contribution in [1.82, 2.24) is 24.7 Å². The summed E-state index contributed by atoms with van der Waals surface area (Å²) < 4.78 is 3.81. The van der Waals surface area contributed by atoms with Gasteiger partial charge in [-0.05, 0) is 50.2 Å². The van der Waals surface area contributed by atoms with Crippen molar-refractivity contribution >= 4 is 30.0 Å². The van der Waals surface area contributed by atoms with E-state index >= 15 is 0 Å². The largest absolute Gasteiger partial charge is 0.250 e. The molecule has 0 spiro atoms. The van der Waals surface area contributed by atoms with Crippen LogP contribution in [0.2, 0.25) is 5.15 Å². The lowest BCUT2D eigenvalue weighted by Gasteiger charge is -2.15. The fourth-order valence-corrected chi connectivity index (χ4v) is 3.26. The molecular formula is C19H23ClN6S. The molecule has 2 heterocycles. The third-order valence-corrected chi connectivity index (χ3v) is 4.89. The zero-order chi connectivity index (χ0) is 19.9. The third kappa shape index (κ3) is 3.75. The summed E-state index contributed by atoms with van der Waals surface area (Å²) in [6.07, 6.45) is 1.69. The number of aromatic amines is 1. The lowest BCUT2D eigenvalue weighted by atomic mass is 9.96. The molecule has 6 nitrogen and oxygen atoms in total. The van der Waals surface area contributed by atoms with E-state index in [2.05, 4.69) is 59.4 Å². The first-order chi connectivity index (χ1) is 12.6. The highest BCUT2D eigenvalue weighted by molar-refractivity contribution is 7.71. The molecule has 0 atom stereocenters. The van der Waals surface area contributed by atoms with E-state index in [0.717, 1.165) is 33.9 Å². The van der Waals surface area contributed by atoms with Gasteiger partial charge in [-0.1, -0.05) is 44.5 Å². The predicted octanol–water partition coefficient (Wildman–Crippen LogP) is 4.88. The van der Waals surface area contributed by atoms with E-state index in [4.69, 9.17) is 23.8 Å². The topological polar surface area (TPSA) is 63.8 Å². The lowest BCUT2D eigenvalue weighted by Crippen LogP contribution is -2.17. The van der Waals surface area contributed by atoms with Gasteiger partial charge in [-0.25, -0.2) is 4.68 Å². The van der Waals surface area contributed by atoms with E-state index in [1.165, 1.54) is 0 Å². The maximum atomic E-state index is 6.65. The monoisotopic (exact) mass is 402 g/mol. The minimum absolute atomic E-state index is 0.202. The quantitative estimate of drug-likeness (QED) is 0.501. The minimum atomic E-state index is -0.202. The predicted molar refractivity (Wildman–Crippen MR) is 112 cm³/mol. The van der Waals surface area contributed by atoms with Crippen LogP contribution in [0.3, 0.4) is 0 Å². The number of rotatable bonds is 3. The van der Waals surface area contributed by atoms with Crippen molar-refractivity contribution in [2.24, 2.45) is 5.10 Å². The van der Waals surface area contributed by atoms with Crippen LogP contribution in [0.5, 0.6) is 0 Å². The first-order valence-corrected chi connectivity index (χ1v) is 9.43. The van der Waals surface area contributed by atoms with Crippen molar-refractivity contribution in [3.05, 3.63) is 56.3 Å². The van der Waals surface area contributed by atoms with Crippen molar-refractivity contribution in [3.8, 4) is 5.69 Å². The van der Waals surface area contributed by atoms with Crippen molar-refractivity contribution < 1.29 is 0 Å². The maximum Gasteiger partial charge on any atom is 0.216 e. The molecule has 2 aromatic heterocycles. The number of hydrogen-bond donors (Lipinski definition) is 1. The van der Waals surface area contributed by atoms with Crippen LogP contribution in [0, 0.1) is 25.5 Å². The van der Waals surface area contributed by atoms with Gasteiger partial charge >= 0.3 is 0 Å². The molecule has 0 fully saturated rings. The van der Waals surface area contributed by atoms with Gasteiger partial charge in [-0.3, -0.25) is 5.10 Å². The lowest BCUT2D eigenvalue weighted by molar-refractivity contribution is 0.516. The number of nitrogens with one attached hydrogen (secondary N) is 1. The first-order valence-electron chi connectivity index (χ1n) is 8.64. The Morgan fingerprint density at radius 2 is 1.93 bits per heavy atom. The molecule has 1 N–H and O–H groups in total. The summed E-state index contributed by atoms with van der Waals surface area (Å²) in [5, 5.41) is 16.7. The molecule has 8 heteroatoms. The molecule has 0 bridgehead atoms. The molecule has 3 aromatic rings.